The largest absolute Gasteiger partial charge is 0.354 e. The van der Waals surface area contributed by atoms with Gasteiger partial charge in [-0.25, -0.2) is 0 Å². The molecule has 2 rings (SSSR count). The summed E-state index contributed by atoms with van der Waals surface area (Å²) in [6.07, 6.45) is 1.82. The van der Waals surface area contributed by atoms with Gasteiger partial charge in [0.2, 0.25) is 5.91 Å². The molecule has 22 heavy (non-hydrogen) atoms. The molecule has 2 amide bonds. The van der Waals surface area contributed by atoms with Crippen LogP contribution in [0.4, 0.5) is 0 Å². The molecule has 1 aliphatic heterocycles. The van der Waals surface area contributed by atoms with Gasteiger partial charge in [0.1, 0.15) is 0 Å². The molecule has 4 nitrogen and oxygen atoms in total. The van der Waals surface area contributed by atoms with E-state index in [9.17, 15) is 9.59 Å². The molecule has 0 saturated carbocycles. The average molecular weight is 323 g/mol. The van der Waals surface area contributed by atoms with Gasteiger partial charge in [-0.05, 0) is 50.3 Å². The molecule has 0 aromatic heterocycles. The van der Waals surface area contributed by atoms with E-state index in [1.807, 2.05) is 30.9 Å². The van der Waals surface area contributed by atoms with Crippen LogP contribution in [0.3, 0.4) is 0 Å². The lowest BCUT2D eigenvalue weighted by Crippen LogP contribution is -2.45. The smallest absolute Gasteiger partial charge is 0.254 e. The molecule has 5 heteroatoms. The summed E-state index contributed by atoms with van der Waals surface area (Å²) in [5.74, 6) is 0.472. The summed E-state index contributed by atoms with van der Waals surface area (Å²) < 4.78 is 0. The van der Waals surface area contributed by atoms with E-state index in [-0.39, 0.29) is 17.9 Å². The van der Waals surface area contributed by atoms with Gasteiger partial charge in [0.05, 0.1) is 0 Å². The fourth-order valence-corrected chi connectivity index (χ4v) is 3.23. The summed E-state index contributed by atoms with van der Waals surface area (Å²) in [7, 11) is 0. The topological polar surface area (TPSA) is 49.4 Å². The number of hydrogen-bond donors (Lipinski definition) is 1. The van der Waals surface area contributed by atoms with Gasteiger partial charge in [-0.1, -0.05) is 17.7 Å². The van der Waals surface area contributed by atoms with Crippen LogP contribution in [0.1, 0.15) is 42.6 Å². The van der Waals surface area contributed by atoms with E-state index in [1.54, 1.807) is 6.07 Å². The van der Waals surface area contributed by atoms with Crippen LogP contribution in [0.15, 0.2) is 18.2 Å². The Kier molecular flexibility index (Phi) is 5.46. The van der Waals surface area contributed by atoms with E-state index < -0.39 is 0 Å². The Morgan fingerprint density at radius 2 is 1.95 bits per heavy atom. The molecule has 0 unspecified atom stereocenters. The minimum absolute atomic E-state index is 0.000517. The molecule has 1 saturated heterocycles. The summed E-state index contributed by atoms with van der Waals surface area (Å²) in [5, 5.41) is 3.57. The van der Waals surface area contributed by atoms with E-state index in [1.165, 1.54) is 6.92 Å². The first-order chi connectivity index (χ1) is 10.4. The van der Waals surface area contributed by atoms with Gasteiger partial charge in [-0.3, -0.25) is 9.59 Å². The van der Waals surface area contributed by atoms with Crippen LogP contribution in [0.25, 0.3) is 0 Å². The molecule has 1 aliphatic rings. The number of hydrogen-bond acceptors (Lipinski definition) is 2. The number of carbonyl (C=O) groups excluding carboxylic acids is 2. The molecular weight excluding hydrogens is 300 g/mol. The summed E-state index contributed by atoms with van der Waals surface area (Å²) in [4.78, 5) is 25.6. The number of nitrogens with zero attached hydrogens (tertiary/aromatic N) is 1. The molecule has 0 spiro atoms. The third-order valence-corrected chi connectivity index (χ3v) is 4.87. The zero-order chi connectivity index (χ0) is 16.3. The van der Waals surface area contributed by atoms with Crippen LogP contribution in [0, 0.1) is 12.8 Å². The van der Waals surface area contributed by atoms with E-state index in [0.29, 0.717) is 16.5 Å². The minimum Gasteiger partial charge on any atom is -0.354 e. The van der Waals surface area contributed by atoms with Crippen molar-refractivity contribution in [3.8, 4) is 0 Å². The van der Waals surface area contributed by atoms with Crippen molar-refractivity contribution in [3.05, 3.63) is 34.3 Å². The average Bonchev–Trinajstić information content (AvgIpc) is 2.49. The van der Waals surface area contributed by atoms with Gasteiger partial charge in [-0.2, -0.15) is 0 Å². The summed E-state index contributed by atoms with van der Waals surface area (Å²) in [6, 6.07) is 5.60. The quantitative estimate of drug-likeness (QED) is 0.930. The highest BCUT2D eigenvalue weighted by Gasteiger charge is 2.27. The molecule has 1 N–H and O–H groups in total. The maximum absolute atomic E-state index is 12.6. The molecule has 0 aliphatic carbocycles. The molecule has 1 aromatic carbocycles. The molecule has 0 radical (unpaired) electrons. The van der Waals surface area contributed by atoms with Gasteiger partial charge in [0.25, 0.3) is 5.91 Å². The van der Waals surface area contributed by atoms with Crippen LogP contribution in [0.5, 0.6) is 0 Å². The molecular formula is C17H23ClN2O2. The molecule has 1 atom stereocenters. The minimum atomic E-state index is 0.000517. The van der Waals surface area contributed by atoms with Gasteiger partial charge in [0, 0.05) is 36.6 Å². The molecule has 1 heterocycles. The number of nitrogens with one attached hydrogen (secondary N) is 1. The summed E-state index contributed by atoms with van der Waals surface area (Å²) in [5.41, 5.74) is 1.52. The lowest BCUT2D eigenvalue weighted by atomic mass is 9.90. The van der Waals surface area contributed by atoms with Gasteiger partial charge in [-0.15, -0.1) is 0 Å². The zero-order valence-electron chi connectivity index (χ0n) is 13.4. The maximum atomic E-state index is 12.6. The lowest BCUT2D eigenvalue weighted by Gasteiger charge is -2.35. The monoisotopic (exact) mass is 322 g/mol. The van der Waals surface area contributed by atoms with Crippen LogP contribution < -0.4 is 5.32 Å². The predicted molar refractivity (Wildman–Crippen MR) is 88.1 cm³/mol. The second-order valence-corrected chi connectivity index (χ2v) is 6.44. The Bertz CT molecular complexity index is 566. The maximum Gasteiger partial charge on any atom is 0.254 e. The molecule has 1 aromatic rings. The Hall–Kier alpha value is -1.55. The number of piperidine rings is 1. The number of halogens is 1. The lowest BCUT2D eigenvalue weighted by molar-refractivity contribution is -0.120. The molecule has 120 valence electrons. The number of rotatable bonds is 3. The molecule has 0 bridgehead atoms. The summed E-state index contributed by atoms with van der Waals surface area (Å²) >= 11 is 6.10. The first kappa shape index (κ1) is 16.8. The van der Waals surface area contributed by atoms with Crippen molar-refractivity contribution in [1.29, 1.82) is 0 Å². The third-order valence-electron chi connectivity index (χ3n) is 4.46. The SMILES string of the molecule is CC(=O)N[C@@H](C)C1CCN(C(=O)c2cccc(Cl)c2C)CC1. The Labute approximate surface area is 136 Å². The standard InChI is InChI=1S/C17H23ClN2O2/c1-11-15(5-4-6-16(11)18)17(22)20-9-7-14(8-10-20)12(2)19-13(3)21/h4-6,12,14H,7-10H2,1-3H3,(H,19,21)/t12-/m0/s1. The normalized spacial score (nSPS) is 17.2. The highest BCUT2D eigenvalue weighted by molar-refractivity contribution is 6.31. The first-order valence-corrected chi connectivity index (χ1v) is 8.09. The van der Waals surface area contributed by atoms with Crippen LogP contribution in [0.2, 0.25) is 5.02 Å². The van der Waals surface area contributed by atoms with Crippen molar-refractivity contribution in [2.24, 2.45) is 5.92 Å². The number of benzene rings is 1. The zero-order valence-corrected chi connectivity index (χ0v) is 14.1. The van der Waals surface area contributed by atoms with Crippen molar-refractivity contribution in [2.45, 2.75) is 39.7 Å². The van der Waals surface area contributed by atoms with Crippen molar-refractivity contribution in [1.82, 2.24) is 10.2 Å². The Morgan fingerprint density at radius 1 is 1.32 bits per heavy atom. The van der Waals surface area contributed by atoms with E-state index in [2.05, 4.69) is 5.32 Å². The Morgan fingerprint density at radius 3 is 2.55 bits per heavy atom. The van der Waals surface area contributed by atoms with Crippen LogP contribution in [-0.2, 0) is 4.79 Å². The fourth-order valence-electron chi connectivity index (χ4n) is 3.05. The van der Waals surface area contributed by atoms with Crippen LogP contribution in [-0.4, -0.2) is 35.8 Å². The van der Waals surface area contributed by atoms with Gasteiger partial charge >= 0.3 is 0 Å². The highest BCUT2D eigenvalue weighted by Crippen LogP contribution is 2.24. The van der Waals surface area contributed by atoms with E-state index >= 15 is 0 Å². The van der Waals surface area contributed by atoms with Crippen molar-refractivity contribution >= 4 is 23.4 Å². The van der Waals surface area contributed by atoms with Crippen molar-refractivity contribution < 1.29 is 9.59 Å². The van der Waals surface area contributed by atoms with E-state index in [4.69, 9.17) is 11.6 Å². The third kappa shape index (κ3) is 3.80. The summed E-state index contributed by atoms with van der Waals surface area (Å²) in [6.45, 7) is 6.89. The van der Waals surface area contributed by atoms with Gasteiger partial charge in [0.15, 0.2) is 0 Å². The van der Waals surface area contributed by atoms with Gasteiger partial charge < -0.3 is 10.2 Å². The van der Waals surface area contributed by atoms with Crippen LogP contribution >= 0.6 is 11.6 Å². The van der Waals surface area contributed by atoms with Crippen molar-refractivity contribution in [2.75, 3.05) is 13.1 Å². The second-order valence-electron chi connectivity index (χ2n) is 6.03. The number of likely N-dealkylation sites (tertiary alicyclic amines) is 1. The van der Waals surface area contributed by atoms with E-state index in [0.717, 1.165) is 31.5 Å². The first-order valence-electron chi connectivity index (χ1n) is 7.71. The fraction of sp³-hybridized carbons (Fsp3) is 0.529. The predicted octanol–water partition coefficient (Wildman–Crippen LogP) is 3.03. The molecule has 1 fully saturated rings. The highest BCUT2D eigenvalue weighted by atomic mass is 35.5. The number of carbonyl (C=O) groups is 2. The van der Waals surface area contributed by atoms with Crippen molar-refractivity contribution in [3.63, 3.8) is 0 Å². The Balaban J connectivity index is 1.98. The second kappa shape index (κ2) is 7.14. The number of amides is 2.